The summed E-state index contributed by atoms with van der Waals surface area (Å²) in [5.41, 5.74) is 1.48. The number of rotatable bonds is 6. The van der Waals surface area contributed by atoms with Crippen LogP contribution in [0.15, 0.2) is 75.6 Å². The Morgan fingerprint density at radius 2 is 1.88 bits per heavy atom. The van der Waals surface area contributed by atoms with Crippen LogP contribution in [0.5, 0.6) is 5.75 Å². The van der Waals surface area contributed by atoms with Crippen molar-refractivity contribution in [2.24, 2.45) is 0 Å². The van der Waals surface area contributed by atoms with E-state index in [9.17, 15) is 4.79 Å². The Balaban J connectivity index is 1.69. The summed E-state index contributed by atoms with van der Waals surface area (Å²) in [6.07, 6.45) is 3.11. The van der Waals surface area contributed by atoms with E-state index in [1.165, 1.54) is 6.08 Å². The summed E-state index contributed by atoms with van der Waals surface area (Å²) in [4.78, 5) is 12.2. The van der Waals surface area contributed by atoms with Crippen LogP contribution >= 0.6 is 15.9 Å². The first kappa shape index (κ1) is 17.7. The molecule has 0 spiro atoms. The lowest BCUT2D eigenvalue weighted by Crippen LogP contribution is -1.96. The van der Waals surface area contributed by atoms with Crippen molar-refractivity contribution in [1.29, 1.82) is 5.26 Å². The molecule has 0 aliphatic rings. The van der Waals surface area contributed by atoms with Gasteiger partial charge in [-0.05, 0) is 54.6 Å². The van der Waals surface area contributed by atoms with Crippen molar-refractivity contribution >= 4 is 27.8 Å². The van der Waals surface area contributed by atoms with Gasteiger partial charge in [-0.1, -0.05) is 34.1 Å². The van der Waals surface area contributed by atoms with Gasteiger partial charge in [0.15, 0.2) is 12.4 Å². The average Bonchev–Trinajstić information content (AvgIpc) is 3.14. The molecule has 128 valence electrons. The van der Waals surface area contributed by atoms with Crippen LogP contribution in [0.2, 0.25) is 0 Å². The maximum atomic E-state index is 12.2. The van der Waals surface area contributed by atoms with Crippen LogP contribution in [-0.2, 0) is 0 Å². The van der Waals surface area contributed by atoms with E-state index in [-0.39, 0.29) is 12.4 Å². The van der Waals surface area contributed by atoms with Crippen LogP contribution in [0.4, 0.5) is 0 Å². The quantitative estimate of drug-likeness (QED) is 0.399. The molecule has 0 unspecified atom stereocenters. The molecule has 0 amide bonds. The van der Waals surface area contributed by atoms with Gasteiger partial charge in [-0.2, -0.15) is 5.26 Å². The van der Waals surface area contributed by atoms with Crippen molar-refractivity contribution in [1.82, 2.24) is 0 Å². The van der Waals surface area contributed by atoms with E-state index in [0.29, 0.717) is 17.1 Å². The second-order valence-corrected chi connectivity index (χ2v) is 6.20. The molecule has 3 rings (SSSR count). The number of benzene rings is 2. The first-order valence-electron chi connectivity index (χ1n) is 7.84. The minimum Gasteiger partial charge on any atom is -0.479 e. The molecule has 0 saturated heterocycles. The third-order valence-electron chi connectivity index (χ3n) is 3.61. The van der Waals surface area contributed by atoms with E-state index in [1.54, 1.807) is 30.3 Å². The molecule has 0 bridgehead atoms. The van der Waals surface area contributed by atoms with Gasteiger partial charge in [-0.25, -0.2) is 0 Å². The molecule has 0 aliphatic carbocycles. The molecular weight excluding hydrogens is 394 g/mol. The summed E-state index contributed by atoms with van der Waals surface area (Å²) in [5, 5.41) is 8.49. The normalized spacial score (nSPS) is 10.6. The Morgan fingerprint density at radius 1 is 1.12 bits per heavy atom. The highest BCUT2D eigenvalue weighted by Gasteiger charge is 2.07. The smallest absolute Gasteiger partial charge is 0.185 e. The van der Waals surface area contributed by atoms with Gasteiger partial charge in [-0.3, -0.25) is 4.79 Å². The number of nitrogens with zero attached hydrogens (tertiary/aromatic N) is 1. The third kappa shape index (κ3) is 4.29. The van der Waals surface area contributed by atoms with Gasteiger partial charge in [0.05, 0.1) is 0 Å². The van der Waals surface area contributed by atoms with Crippen LogP contribution in [0.1, 0.15) is 16.1 Å². The number of hydrogen-bond acceptors (Lipinski definition) is 4. The van der Waals surface area contributed by atoms with Crippen LogP contribution in [0.3, 0.4) is 0 Å². The third-order valence-corrected chi connectivity index (χ3v) is 4.30. The highest BCUT2D eigenvalue weighted by molar-refractivity contribution is 9.10. The number of carbonyl (C=O) groups is 1. The number of ether oxygens (including phenoxy) is 1. The molecule has 0 atom stereocenters. The molecule has 3 aromatic rings. The first-order valence-corrected chi connectivity index (χ1v) is 8.63. The summed E-state index contributed by atoms with van der Waals surface area (Å²) in [7, 11) is 0. The number of furan rings is 1. The number of halogens is 1. The van der Waals surface area contributed by atoms with E-state index < -0.39 is 0 Å². The summed E-state index contributed by atoms with van der Waals surface area (Å²) in [5.74, 6) is 1.73. The molecule has 0 aliphatic heterocycles. The highest BCUT2D eigenvalue weighted by Crippen LogP contribution is 2.29. The van der Waals surface area contributed by atoms with Crippen molar-refractivity contribution < 1.29 is 13.9 Å². The lowest BCUT2D eigenvalue weighted by molar-refractivity contribution is 0.104. The fourth-order valence-corrected chi connectivity index (χ4v) is 2.81. The molecule has 0 saturated carbocycles. The molecule has 1 heterocycles. The monoisotopic (exact) mass is 407 g/mol. The van der Waals surface area contributed by atoms with Crippen LogP contribution < -0.4 is 4.74 Å². The molecule has 0 N–H and O–H groups in total. The minimum absolute atomic E-state index is 0.0223. The minimum atomic E-state index is -0.143. The van der Waals surface area contributed by atoms with Gasteiger partial charge in [0.2, 0.25) is 0 Å². The second kappa shape index (κ2) is 8.32. The lowest BCUT2D eigenvalue weighted by atomic mass is 10.1. The zero-order valence-corrected chi connectivity index (χ0v) is 15.3. The van der Waals surface area contributed by atoms with Gasteiger partial charge in [-0.15, -0.1) is 0 Å². The topological polar surface area (TPSA) is 63.2 Å². The number of allylic oxidation sites excluding steroid dienone is 1. The standard InChI is InChI=1S/C21H14BrNO3/c22-19-4-2-1-3-18(19)21-12-10-17(26-21)9-11-20(24)15-5-7-16(8-6-15)25-14-13-23/h1-12H,14H2/b11-9+. The Kier molecular flexibility index (Phi) is 5.67. The summed E-state index contributed by atoms with van der Waals surface area (Å²) < 4.78 is 11.9. The van der Waals surface area contributed by atoms with E-state index in [1.807, 2.05) is 42.5 Å². The van der Waals surface area contributed by atoms with Crippen molar-refractivity contribution in [3.63, 3.8) is 0 Å². The maximum absolute atomic E-state index is 12.2. The van der Waals surface area contributed by atoms with Gasteiger partial charge >= 0.3 is 0 Å². The Bertz CT molecular complexity index is 981. The molecule has 5 heteroatoms. The molecule has 1 aromatic heterocycles. The Hall–Kier alpha value is -3.10. The van der Waals surface area contributed by atoms with E-state index in [2.05, 4.69) is 15.9 Å². The second-order valence-electron chi connectivity index (χ2n) is 5.35. The molecular formula is C21H14BrNO3. The lowest BCUT2D eigenvalue weighted by Gasteiger charge is -2.01. The zero-order valence-electron chi connectivity index (χ0n) is 13.7. The summed E-state index contributed by atoms with van der Waals surface area (Å²) in [6, 6.07) is 20.0. The zero-order chi connectivity index (χ0) is 18.4. The number of hydrogen-bond donors (Lipinski definition) is 0. The predicted molar refractivity (Wildman–Crippen MR) is 103 cm³/mol. The van der Waals surface area contributed by atoms with Gasteiger partial charge in [0, 0.05) is 15.6 Å². The van der Waals surface area contributed by atoms with Gasteiger partial charge in [0.1, 0.15) is 23.3 Å². The van der Waals surface area contributed by atoms with Crippen LogP contribution in [0, 0.1) is 11.3 Å². The predicted octanol–water partition coefficient (Wildman–Crippen LogP) is 5.51. The van der Waals surface area contributed by atoms with Crippen molar-refractivity contribution in [3.8, 4) is 23.1 Å². The molecule has 0 radical (unpaired) electrons. The summed E-state index contributed by atoms with van der Waals surface area (Å²) in [6.45, 7) is -0.0223. The highest BCUT2D eigenvalue weighted by atomic mass is 79.9. The van der Waals surface area contributed by atoms with Gasteiger partial charge < -0.3 is 9.15 Å². The van der Waals surface area contributed by atoms with E-state index in [0.717, 1.165) is 15.8 Å². The number of carbonyl (C=O) groups excluding carboxylic acids is 1. The van der Waals surface area contributed by atoms with Crippen LogP contribution in [-0.4, -0.2) is 12.4 Å². The molecule has 0 fully saturated rings. The van der Waals surface area contributed by atoms with Crippen molar-refractivity contribution in [2.45, 2.75) is 0 Å². The molecule has 26 heavy (non-hydrogen) atoms. The average molecular weight is 408 g/mol. The number of nitriles is 1. The van der Waals surface area contributed by atoms with E-state index >= 15 is 0 Å². The Morgan fingerprint density at radius 3 is 2.62 bits per heavy atom. The first-order chi connectivity index (χ1) is 12.7. The van der Waals surface area contributed by atoms with Crippen molar-refractivity contribution in [3.05, 3.63) is 82.5 Å². The Labute approximate surface area is 159 Å². The summed E-state index contributed by atoms with van der Waals surface area (Å²) >= 11 is 3.50. The molecule has 4 nitrogen and oxygen atoms in total. The fraction of sp³-hybridized carbons (Fsp3) is 0.0476. The molecule has 2 aromatic carbocycles. The number of ketones is 1. The largest absolute Gasteiger partial charge is 0.479 e. The van der Waals surface area contributed by atoms with Crippen molar-refractivity contribution in [2.75, 3.05) is 6.61 Å². The van der Waals surface area contributed by atoms with Gasteiger partial charge in [0.25, 0.3) is 0 Å². The fourth-order valence-electron chi connectivity index (χ4n) is 2.33. The van der Waals surface area contributed by atoms with E-state index in [4.69, 9.17) is 14.4 Å². The maximum Gasteiger partial charge on any atom is 0.185 e. The van der Waals surface area contributed by atoms with Crippen LogP contribution in [0.25, 0.3) is 17.4 Å². The SMILES string of the molecule is N#CCOc1ccc(C(=O)/C=C/c2ccc(-c3ccccc3Br)o2)cc1.